The third-order valence-electron chi connectivity index (χ3n) is 4.80. The summed E-state index contributed by atoms with van der Waals surface area (Å²) in [5.74, 6) is -0.166. The number of aliphatic imine (C=N–C) groups is 1. The molecule has 0 saturated carbocycles. The molecule has 1 unspecified atom stereocenters. The van der Waals surface area contributed by atoms with Gasteiger partial charge in [-0.15, -0.1) is 0 Å². The Hall–Kier alpha value is -4.08. The fourth-order valence-electron chi connectivity index (χ4n) is 3.35. The number of hydrogen-bond donors (Lipinski definition) is 2. The van der Waals surface area contributed by atoms with Gasteiger partial charge in [-0.05, 0) is 25.5 Å². The molecule has 0 saturated heterocycles. The van der Waals surface area contributed by atoms with Crippen molar-refractivity contribution in [2.24, 2.45) is 10.7 Å². The number of nitrogens with two attached hydrogens (primary N) is 1. The summed E-state index contributed by atoms with van der Waals surface area (Å²) >= 11 is 0. The van der Waals surface area contributed by atoms with E-state index in [1.54, 1.807) is 13.8 Å². The van der Waals surface area contributed by atoms with Gasteiger partial charge in [0.15, 0.2) is 17.5 Å². The summed E-state index contributed by atoms with van der Waals surface area (Å²) in [5, 5.41) is 14.7. The van der Waals surface area contributed by atoms with Gasteiger partial charge in [0.25, 0.3) is 5.69 Å². The number of rotatable bonds is 8. The molecule has 0 amide bonds. The Balaban J connectivity index is 2.07. The van der Waals surface area contributed by atoms with Crippen molar-refractivity contribution in [1.82, 2.24) is 5.32 Å². The van der Waals surface area contributed by atoms with Gasteiger partial charge in [0.05, 0.1) is 35.8 Å². The van der Waals surface area contributed by atoms with Crippen LogP contribution in [0.3, 0.4) is 0 Å². The predicted octanol–water partition coefficient (Wildman–Crippen LogP) is 2.98. The van der Waals surface area contributed by atoms with Crippen LogP contribution in [-0.4, -0.2) is 30.6 Å². The summed E-state index contributed by atoms with van der Waals surface area (Å²) in [7, 11) is 1.42. The maximum absolute atomic E-state index is 12.6. The van der Waals surface area contributed by atoms with Crippen LogP contribution >= 0.6 is 0 Å². The number of ether oxygens (including phenoxy) is 3. The Labute approximate surface area is 184 Å². The van der Waals surface area contributed by atoms with Gasteiger partial charge in [-0.3, -0.25) is 10.1 Å². The van der Waals surface area contributed by atoms with Gasteiger partial charge in [-0.25, -0.2) is 9.79 Å². The molecular weight excluding hydrogens is 416 g/mol. The van der Waals surface area contributed by atoms with Crippen LogP contribution in [0.15, 0.2) is 58.7 Å². The molecule has 2 aromatic carbocycles. The first kappa shape index (κ1) is 22.6. The van der Waals surface area contributed by atoms with Crippen LogP contribution in [0.25, 0.3) is 0 Å². The standard InChI is InChI=1S/C22H24N4O6/c1-4-31-21(27)19-13(2)24-22(23)25-20(19)15-10-17(30-3)18(11-16(15)26(28)29)32-12-14-8-6-5-7-9-14/h5-11,20H,4,12H2,1-3H3,(H3,23,24,25). The van der Waals surface area contributed by atoms with E-state index in [1.165, 1.54) is 19.2 Å². The second-order valence-corrected chi connectivity index (χ2v) is 6.89. The Morgan fingerprint density at radius 3 is 2.59 bits per heavy atom. The molecule has 0 aliphatic carbocycles. The average molecular weight is 440 g/mol. The van der Waals surface area contributed by atoms with Crippen LogP contribution in [0.1, 0.15) is 31.0 Å². The van der Waals surface area contributed by atoms with Gasteiger partial charge in [-0.2, -0.15) is 0 Å². The van der Waals surface area contributed by atoms with Gasteiger partial charge in [0, 0.05) is 5.70 Å². The molecule has 0 radical (unpaired) electrons. The van der Waals surface area contributed by atoms with Crippen LogP contribution in [0.4, 0.5) is 5.69 Å². The largest absolute Gasteiger partial charge is 0.493 e. The van der Waals surface area contributed by atoms with Crippen molar-refractivity contribution < 1.29 is 23.9 Å². The van der Waals surface area contributed by atoms with E-state index in [4.69, 9.17) is 19.9 Å². The van der Waals surface area contributed by atoms with Crippen molar-refractivity contribution in [1.29, 1.82) is 0 Å². The van der Waals surface area contributed by atoms with Crippen LogP contribution in [0.2, 0.25) is 0 Å². The molecule has 1 aliphatic rings. The molecule has 0 spiro atoms. The number of nitrogens with zero attached hydrogens (tertiary/aromatic N) is 2. The second-order valence-electron chi connectivity index (χ2n) is 6.89. The Morgan fingerprint density at radius 1 is 1.25 bits per heavy atom. The number of methoxy groups -OCH3 is 1. The molecule has 168 valence electrons. The zero-order chi connectivity index (χ0) is 23.3. The first-order valence-electron chi connectivity index (χ1n) is 9.86. The second kappa shape index (κ2) is 9.82. The van der Waals surface area contributed by atoms with E-state index >= 15 is 0 Å². The minimum Gasteiger partial charge on any atom is -0.493 e. The number of allylic oxidation sites excluding steroid dienone is 1. The zero-order valence-electron chi connectivity index (χ0n) is 18.0. The zero-order valence-corrected chi connectivity index (χ0v) is 18.0. The quantitative estimate of drug-likeness (QED) is 0.363. The molecule has 1 aliphatic heterocycles. The number of esters is 1. The van der Waals surface area contributed by atoms with Gasteiger partial charge in [-0.1, -0.05) is 30.3 Å². The molecule has 0 aromatic heterocycles. The molecule has 2 aromatic rings. The molecule has 0 bridgehead atoms. The lowest BCUT2D eigenvalue weighted by atomic mass is 9.94. The van der Waals surface area contributed by atoms with Crippen molar-refractivity contribution in [2.45, 2.75) is 26.5 Å². The Kier molecular flexibility index (Phi) is 6.93. The first-order valence-corrected chi connectivity index (χ1v) is 9.86. The molecular formula is C22H24N4O6. The predicted molar refractivity (Wildman–Crippen MR) is 117 cm³/mol. The molecule has 0 fully saturated rings. The number of nitro benzene ring substituents is 1. The minimum absolute atomic E-state index is 0.0261. The van der Waals surface area contributed by atoms with Crippen molar-refractivity contribution in [2.75, 3.05) is 13.7 Å². The van der Waals surface area contributed by atoms with E-state index in [0.717, 1.165) is 5.56 Å². The van der Waals surface area contributed by atoms with Gasteiger partial charge in [0.1, 0.15) is 12.6 Å². The fraction of sp³-hybridized carbons (Fsp3) is 0.273. The third kappa shape index (κ3) is 4.80. The highest BCUT2D eigenvalue weighted by Gasteiger charge is 2.35. The summed E-state index contributed by atoms with van der Waals surface area (Å²) in [5.41, 5.74) is 7.12. The normalized spacial score (nSPS) is 15.5. The number of hydrogen-bond acceptors (Lipinski definition) is 9. The summed E-state index contributed by atoms with van der Waals surface area (Å²) in [4.78, 5) is 28.2. The number of benzene rings is 2. The van der Waals surface area contributed by atoms with E-state index in [1.807, 2.05) is 30.3 Å². The number of guanidine groups is 1. The van der Waals surface area contributed by atoms with Crippen LogP contribution in [0, 0.1) is 10.1 Å². The highest BCUT2D eigenvalue weighted by Crippen LogP contribution is 2.42. The van der Waals surface area contributed by atoms with Gasteiger partial charge in [0.2, 0.25) is 0 Å². The van der Waals surface area contributed by atoms with E-state index in [2.05, 4.69) is 10.3 Å². The molecule has 32 heavy (non-hydrogen) atoms. The lowest BCUT2D eigenvalue weighted by Gasteiger charge is -2.25. The monoisotopic (exact) mass is 440 g/mol. The first-order chi connectivity index (χ1) is 15.3. The van der Waals surface area contributed by atoms with Crippen molar-refractivity contribution in [3.8, 4) is 11.5 Å². The summed E-state index contributed by atoms with van der Waals surface area (Å²) in [6.07, 6.45) is 0. The van der Waals surface area contributed by atoms with Gasteiger partial charge < -0.3 is 25.3 Å². The third-order valence-corrected chi connectivity index (χ3v) is 4.80. The number of nitrogens with one attached hydrogen (secondary N) is 1. The topological polar surface area (TPSA) is 138 Å². The lowest BCUT2D eigenvalue weighted by molar-refractivity contribution is -0.385. The maximum atomic E-state index is 12.6. The summed E-state index contributed by atoms with van der Waals surface area (Å²) in [6, 6.07) is 11.0. The molecule has 10 heteroatoms. The minimum atomic E-state index is -1.05. The van der Waals surface area contributed by atoms with Crippen LogP contribution in [0.5, 0.6) is 11.5 Å². The average Bonchev–Trinajstić information content (AvgIpc) is 2.77. The van der Waals surface area contributed by atoms with Crippen LogP contribution in [-0.2, 0) is 16.1 Å². The Bertz CT molecular complexity index is 1080. The maximum Gasteiger partial charge on any atom is 0.338 e. The highest BCUT2D eigenvalue weighted by molar-refractivity contribution is 5.95. The van der Waals surface area contributed by atoms with Crippen molar-refractivity contribution in [3.05, 3.63) is 75.0 Å². The van der Waals surface area contributed by atoms with E-state index in [-0.39, 0.29) is 47.5 Å². The van der Waals surface area contributed by atoms with E-state index in [0.29, 0.717) is 5.70 Å². The van der Waals surface area contributed by atoms with Gasteiger partial charge >= 0.3 is 5.97 Å². The Morgan fingerprint density at radius 2 is 1.97 bits per heavy atom. The molecule has 1 atom stereocenters. The van der Waals surface area contributed by atoms with Crippen LogP contribution < -0.4 is 20.5 Å². The molecule has 10 nitrogen and oxygen atoms in total. The summed E-state index contributed by atoms with van der Waals surface area (Å²) in [6.45, 7) is 3.63. The SMILES string of the molecule is CCOC(=O)C1=C(C)NC(N)=NC1c1cc(OC)c(OCc2ccccc2)cc1[N+](=O)[O-]. The van der Waals surface area contributed by atoms with Crippen molar-refractivity contribution >= 4 is 17.6 Å². The van der Waals surface area contributed by atoms with Crippen molar-refractivity contribution in [3.63, 3.8) is 0 Å². The molecule has 1 heterocycles. The fourth-order valence-corrected chi connectivity index (χ4v) is 3.35. The lowest BCUT2D eigenvalue weighted by Crippen LogP contribution is -2.37. The summed E-state index contributed by atoms with van der Waals surface area (Å²) < 4.78 is 16.4. The highest BCUT2D eigenvalue weighted by atomic mass is 16.6. The number of nitro groups is 1. The van der Waals surface area contributed by atoms with E-state index < -0.39 is 16.9 Å². The number of carbonyl (C=O) groups excluding carboxylic acids is 1. The molecule has 3 N–H and O–H groups in total. The smallest absolute Gasteiger partial charge is 0.338 e. The molecule has 3 rings (SSSR count). The van der Waals surface area contributed by atoms with E-state index in [9.17, 15) is 14.9 Å². The number of carbonyl (C=O) groups is 1.